The number of carbonyl (C=O) groups is 1. The van der Waals surface area contributed by atoms with Crippen molar-refractivity contribution < 1.29 is 4.79 Å². The van der Waals surface area contributed by atoms with Crippen molar-refractivity contribution in [1.29, 1.82) is 0 Å². The van der Waals surface area contributed by atoms with Crippen molar-refractivity contribution in [3.8, 4) is 0 Å². The van der Waals surface area contributed by atoms with Crippen LogP contribution in [-0.4, -0.2) is 15.8 Å². The molecule has 1 unspecified atom stereocenters. The highest BCUT2D eigenvalue weighted by Gasteiger charge is 2.22. The lowest BCUT2D eigenvalue weighted by Crippen LogP contribution is -2.23. The summed E-state index contributed by atoms with van der Waals surface area (Å²) in [5, 5.41) is 0. The van der Waals surface area contributed by atoms with Gasteiger partial charge in [-0.25, -0.2) is 4.98 Å². The van der Waals surface area contributed by atoms with Crippen molar-refractivity contribution in [1.82, 2.24) is 9.97 Å². The van der Waals surface area contributed by atoms with Crippen LogP contribution in [0.2, 0.25) is 0 Å². The molecule has 0 aliphatic heterocycles. The highest BCUT2D eigenvalue weighted by atomic mass is 16.1. The molecule has 1 aromatic rings. The topological polar surface area (TPSA) is 45.8 Å². The normalized spacial score (nSPS) is 13.4. The molecular formula is C13H22N2O. The molecule has 0 saturated carbocycles. The summed E-state index contributed by atoms with van der Waals surface area (Å²) < 4.78 is 0. The minimum Gasteiger partial charge on any atom is -0.348 e. The van der Waals surface area contributed by atoms with Gasteiger partial charge in [0.25, 0.3) is 0 Å². The van der Waals surface area contributed by atoms with Crippen LogP contribution in [0.4, 0.5) is 0 Å². The van der Waals surface area contributed by atoms with E-state index in [1.807, 2.05) is 13.8 Å². The van der Waals surface area contributed by atoms with Crippen molar-refractivity contribution >= 4 is 5.78 Å². The first kappa shape index (κ1) is 12.9. The number of rotatable bonds is 6. The maximum Gasteiger partial charge on any atom is 0.138 e. The van der Waals surface area contributed by atoms with Crippen LogP contribution < -0.4 is 0 Å². The van der Waals surface area contributed by atoms with E-state index in [2.05, 4.69) is 23.8 Å². The van der Waals surface area contributed by atoms with E-state index in [1.54, 1.807) is 12.5 Å². The van der Waals surface area contributed by atoms with E-state index >= 15 is 0 Å². The van der Waals surface area contributed by atoms with Crippen LogP contribution in [0.5, 0.6) is 0 Å². The Labute approximate surface area is 97.7 Å². The SMILES string of the molecule is CC(C)CC(Cc1cnc[nH]1)C(=O)C(C)C. The number of nitrogens with one attached hydrogen (secondary N) is 1. The summed E-state index contributed by atoms with van der Waals surface area (Å²) >= 11 is 0. The Kier molecular flexibility index (Phi) is 4.71. The van der Waals surface area contributed by atoms with Gasteiger partial charge in [-0.05, 0) is 18.8 Å². The Morgan fingerprint density at radius 2 is 2.06 bits per heavy atom. The second-order valence-electron chi connectivity index (χ2n) is 5.16. The Morgan fingerprint density at radius 3 is 2.50 bits per heavy atom. The van der Waals surface area contributed by atoms with E-state index in [1.165, 1.54) is 0 Å². The van der Waals surface area contributed by atoms with Gasteiger partial charge in [-0.1, -0.05) is 27.7 Å². The van der Waals surface area contributed by atoms with Gasteiger partial charge in [-0.15, -0.1) is 0 Å². The molecule has 1 aromatic heterocycles. The van der Waals surface area contributed by atoms with Crippen molar-refractivity contribution in [2.75, 3.05) is 0 Å². The first-order valence-electron chi connectivity index (χ1n) is 6.01. The van der Waals surface area contributed by atoms with E-state index in [9.17, 15) is 4.79 Å². The summed E-state index contributed by atoms with van der Waals surface area (Å²) in [6.07, 6.45) is 5.22. The second-order valence-corrected chi connectivity index (χ2v) is 5.16. The molecule has 1 N–H and O–H groups in total. The molecular weight excluding hydrogens is 200 g/mol. The molecule has 0 amide bonds. The Balaban J connectivity index is 2.67. The number of ketones is 1. The molecule has 0 aromatic carbocycles. The Morgan fingerprint density at radius 1 is 1.38 bits per heavy atom. The van der Waals surface area contributed by atoms with Gasteiger partial charge in [0, 0.05) is 23.7 Å². The largest absolute Gasteiger partial charge is 0.348 e. The number of hydrogen-bond acceptors (Lipinski definition) is 2. The number of imidazole rings is 1. The third-order valence-electron chi connectivity index (χ3n) is 2.75. The molecule has 0 aliphatic rings. The van der Waals surface area contributed by atoms with Gasteiger partial charge < -0.3 is 4.98 Å². The number of H-pyrrole nitrogens is 1. The predicted molar refractivity (Wildman–Crippen MR) is 65.1 cm³/mol. The van der Waals surface area contributed by atoms with Crippen molar-refractivity contribution in [2.45, 2.75) is 40.5 Å². The average molecular weight is 222 g/mol. The number of aromatic amines is 1. The standard InChI is InChI=1S/C13H22N2O/c1-9(2)5-11(13(16)10(3)4)6-12-7-14-8-15-12/h7-11H,5-6H2,1-4H3,(H,14,15). The van der Waals surface area contributed by atoms with Crippen LogP contribution in [0, 0.1) is 17.8 Å². The summed E-state index contributed by atoms with van der Waals surface area (Å²) in [6, 6.07) is 0. The van der Waals surface area contributed by atoms with Gasteiger partial charge in [-0.3, -0.25) is 4.79 Å². The molecule has 90 valence electrons. The van der Waals surface area contributed by atoms with Crippen LogP contribution in [0.25, 0.3) is 0 Å². The number of hydrogen-bond donors (Lipinski definition) is 1. The molecule has 3 heteroatoms. The fraction of sp³-hybridized carbons (Fsp3) is 0.692. The highest BCUT2D eigenvalue weighted by Crippen LogP contribution is 2.20. The summed E-state index contributed by atoms with van der Waals surface area (Å²) in [7, 11) is 0. The second kappa shape index (κ2) is 5.83. The number of Topliss-reactive ketones (excluding diaryl/α,β-unsaturated/α-hetero) is 1. The Hall–Kier alpha value is -1.12. The lowest BCUT2D eigenvalue weighted by Gasteiger charge is -2.19. The smallest absolute Gasteiger partial charge is 0.138 e. The van der Waals surface area contributed by atoms with E-state index in [-0.39, 0.29) is 11.8 Å². The highest BCUT2D eigenvalue weighted by molar-refractivity contribution is 5.83. The van der Waals surface area contributed by atoms with Crippen LogP contribution in [-0.2, 0) is 11.2 Å². The summed E-state index contributed by atoms with van der Waals surface area (Å²) in [5.74, 6) is 1.16. The van der Waals surface area contributed by atoms with Gasteiger partial charge in [0.1, 0.15) is 5.78 Å². The minimum absolute atomic E-state index is 0.117. The molecule has 1 heterocycles. The minimum atomic E-state index is 0.117. The third-order valence-corrected chi connectivity index (χ3v) is 2.75. The lowest BCUT2D eigenvalue weighted by molar-refractivity contribution is -0.126. The van der Waals surface area contributed by atoms with E-state index < -0.39 is 0 Å². The maximum atomic E-state index is 12.1. The zero-order chi connectivity index (χ0) is 12.1. The summed E-state index contributed by atoms with van der Waals surface area (Å²) in [4.78, 5) is 19.1. The van der Waals surface area contributed by atoms with E-state index in [0.29, 0.717) is 11.7 Å². The first-order valence-corrected chi connectivity index (χ1v) is 6.01. The molecule has 0 fully saturated rings. The van der Waals surface area contributed by atoms with E-state index in [4.69, 9.17) is 0 Å². The van der Waals surface area contributed by atoms with E-state index in [0.717, 1.165) is 18.5 Å². The molecule has 0 radical (unpaired) electrons. The lowest BCUT2D eigenvalue weighted by atomic mass is 9.85. The summed E-state index contributed by atoms with van der Waals surface area (Å²) in [6.45, 7) is 8.27. The fourth-order valence-electron chi connectivity index (χ4n) is 2.00. The number of carbonyl (C=O) groups excluding carboxylic acids is 1. The molecule has 1 rings (SSSR count). The quantitative estimate of drug-likeness (QED) is 0.804. The molecule has 0 spiro atoms. The zero-order valence-corrected chi connectivity index (χ0v) is 10.7. The average Bonchev–Trinajstić information content (AvgIpc) is 2.67. The summed E-state index contributed by atoms with van der Waals surface area (Å²) in [5.41, 5.74) is 1.06. The van der Waals surface area contributed by atoms with Crippen LogP contribution in [0.15, 0.2) is 12.5 Å². The molecule has 3 nitrogen and oxygen atoms in total. The molecule has 0 bridgehead atoms. The molecule has 1 atom stereocenters. The van der Waals surface area contributed by atoms with Gasteiger partial charge in [0.05, 0.1) is 6.33 Å². The van der Waals surface area contributed by atoms with Crippen LogP contribution >= 0.6 is 0 Å². The van der Waals surface area contributed by atoms with Gasteiger partial charge >= 0.3 is 0 Å². The van der Waals surface area contributed by atoms with Crippen molar-refractivity contribution in [2.24, 2.45) is 17.8 Å². The molecule has 0 saturated heterocycles. The maximum absolute atomic E-state index is 12.1. The molecule has 16 heavy (non-hydrogen) atoms. The van der Waals surface area contributed by atoms with Crippen molar-refractivity contribution in [3.05, 3.63) is 18.2 Å². The van der Waals surface area contributed by atoms with Gasteiger partial charge in [0.15, 0.2) is 0 Å². The van der Waals surface area contributed by atoms with Crippen LogP contribution in [0.1, 0.15) is 39.8 Å². The predicted octanol–water partition coefficient (Wildman–Crippen LogP) is 2.84. The molecule has 0 aliphatic carbocycles. The number of nitrogens with zero attached hydrogens (tertiary/aromatic N) is 1. The van der Waals surface area contributed by atoms with Crippen molar-refractivity contribution in [3.63, 3.8) is 0 Å². The Bertz CT molecular complexity index is 315. The third kappa shape index (κ3) is 3.80. The zero-order valence-electron chi connectivity index (χ0n) is 10.7. The fourth-order valence-corrected chi connectivity index (χ4v) is 2.00. The van der Waals surface area contributed by atoms with Crippen LogP contribution in [0.3, 0.4) is 0 Å². The van der Waals surface area contributed by atoms with Gasteiger partial charge in [-0.2, -0.15) is 0 Å². The van der Waals surface area contributed by atoms with Gasteiger partial charge in [0.2, 0.25) is 0 Å². The number of aromatic nitrogens is 2. The monoisotopic (exact) mass is 222 g/mol. The first-order chi connectivity index (χ1) is 7.50.